The first-order chi connectivity index (χ1) is 17.3. The van der Waals surface area contributed by atoms with Gasteiger partial charge in [0.25, 0.3) is 0 Å². The van der Waals surface area contributed by atoms with Crippen LogP contribution in [0.25, 0.3) is 38.8 Å². The highest BCUT2D eigenvalue weighted by Gasteiger charge is 2.26. The third-order valence-corrected chi connectivity index (χ3v) is 6.82. The van der Waals surface area contributed by atoms with E-state index in [1.54, 1.807) is 0 Å². The average Bonchev–Trinajstić information content (AvgIpc) is 3.44. The fraction of sp³-hybridized carbons (Fsp3) is 0.0667. The monoisotopic (exact) mass is 453 g/mol. The Labute approximate surface area is 203 Å². The fourth-order valence-electron chi connectivity index (χ4n) is 5.20. The summed E-state index contributed by atoms with van der Waals surface area (Å²) in [5.41, 5.74) is 7.84. The molecule has 168 valence electrons. The molecule has 0 saturated heterocycles. The zero-order chi connectivity index (χ0) is 23.4. The van der Waals surface area contributed by atoms with Gasteiger partial charge in [-0.1, -0.05) is 42.5 Å². The van der Waals surface area contributed by atoms with E-state index in [1.165, 1.54) is 21.8 Å². The van der Waals surface area contributed by atoms with Crippen LogP contribution in [-0.2, 0) is 0 Å². The number of hydrogen-bond donors (Lipinski definition) is 0. The Bertz CT molecular complexity index is 1700. The van der Waals surface area contributed by atoms with Crippen molar-refractivity contribution in [2.24, 2.45) is 0 Å². The predicted molar refractivity (Wildman–Crippen MR) is 144 cm³/mol. The highest BCUT2D eigenvalue weighted by molar-refractivity contribution is 6.10. The number of hydrogen-bond acceptors (Lipinski definition) is 4. The highest BCUT2D eigenvalue weighted by atomic mass is 15.4. The van der Waals surface area contributed by atoms with E-state index in [9.17, 15) is 0 Å². The zero-order valence-electron chi connectivity index (χ0n) is 19.3. The first-order valence-corrected chi connectivity index (χ1v) is 11.8. The standard InChI is InChI=1S/C30H23N5/c1-33-20-34(30-28(33)13-7-17-32-30)22-8-6-9-23(19-22)35-27-12-3-2-10-24(27)25-15-14-21(18-29(25)35)26-11-4-5-16-31-26/h2-19H,20H2,1H3. The van der Waals surface area contributed by atoms with Crippen molar-refractivity contribution in [3.05, 3.63) is 109 Å². The molecule has 3 aromatic carbocycles. The van der Waals surface area contributed by atoms with E-state index in [2.05, 4.69) is 110 Å². The second-order valence-corrected chi connectivity index (χ2v) is 8.93. The summed E-state index contributed by atoms with van der Waals surface area (Å²) in [6, 6.07) is 34.2. The second-order valence-electron chi connectivity index (χ2n) is 8.93. The van der Waals surface area contributed by atoms with Crippen LogP contribution in [0.2, 0.25) is 0 Å². The van der Waals surface area contributed by atoms with Gasteiger partial charge in [0, 0.05) is 47.2 Å². The molecule has 35 heavy (non-hydrogen) atoms. The summed E-state index contributed by atoms with van der Waals surface area (Å²) in [5.74, 6) is 0.992. The molecule has 7 rings (SSSR count). The van der Waals surface area contributed by atoms with Crippen LogP contribution in [0, 0.1) is 0 Å². The normalized spacial score (nSPS) is 13.1. The van der Waals surface area contributed by atoms with Crippen molar-refractivity contribution in [1.82, 2.24) is 14.5 Å². The van der Waals surface area contributed by atoms with Gasteiger partial charge in [-0.05, 0) is 54.6 Å². The molecule has 4 heterocycles. The summed E-state index contributed by atoms with van der Waals surface area (Å²) in [4.78, 5) is 13.8. The van der Waals surface area contributed by atoms with Crippen molar-refractivity contribution >= 4 is 39.0 Å². The number of rotatable bonds is 3. The van der Waals surface area contributed by atoms with Gasteiger partial charge in [0.05, 0.1) is 29.1 Å². The molecule has 0 aliphatic carbocycles. The lowest BCUT2D eigenvalue weighted by Crippen LogP contribution is -2.24. The lowest BCUT2D eigenvalue weighted by Gasteiger charge is -2.20. The molecule has 0 fully saturated rings. The van der Waals surface area contributed by atoms with Gasteiger partial charge in [-0.15, -0.1) is 0 Å². The maximum absolute atomic E-state index is 4.68. The summed E-state index contributed by atoms with van der Waals surface area (Å²) in [6.07, 6.45) is 3.71. The summed E-state index contributed by atoms with van der Waals surface area (Å²) in [6.45, 7) is 0.771. The molecule has 0 spiro atoms. The summed E-state index contributed by atoms with van der Waals surface area (Å²) in [5, 5.41) is 2.48. The Morgan fingerprint density at radius 1 is 0.657 bits per heavy atom. The highest BCUT2D eigenvalue weighted by Crippen LogP contribution is 2.39. The molecular weight excluding hydrogens is 430 g/mol. The Morgan fingerprint density at radius 3 is 2.40 bits per heavy atom. The molecule has 6 aromatic rings. The van der Waals surface area contributed by atoms with Gasteiger partial charge in [-0.3, -0.25) is 4.98 Å². The van der Waals surface area contributed by atoms with Gasteiger partial charge in [0.15, 0.2) is 5.82 Å². The topological polar surface area (TPSA) is 37.2 Å². The van der Waals surface area contributed by atoms with E-state index in [-0.39, 0.29) is 0 Å². The average molecular weight is 454 g/mol. The number of benzene rings is 3. The van der Waals surface area contributed by atoms with Crippen LogP contribution < -0.4 is 9.80 Å². The first-order valence-electron chi connectivity index (χ1n) is 11.8. The van der Waals surface area contributed by atoms with Crippen molar-refractivity contribution in [3.8, 4) is 16.9 Å². The van der Waals surface area contributed by atoms with E-state index in [4.69, 9.17) is 0 Å². The molecule has 0 amide bonds. The number of fused-ring (bicyclic) bond motifs is 4. The van der Waals surface area contributed by atoms with Crippen LogP contribution in [-0.4, -0.2) is 28.3 Å². The smallest absolute Gasteiger partial charge is 0.158 e. The second kappa shape index (κ2) is 7.71. The van der Waals surface area contributed by atoms with Crippen molar-refractivity contribution < 1.29 is 0 Å². The summed E-state index contributed by atoms with van der Waals surface area (Å²) in [7, 11) is 2.11. The molecule has 0 saturated carbocycles. The van der Waals surface area contributed by atoms with Gasteiger partial charge < -0.3 is 14.4 Å². The van der Waals surface area contributed by atoms with Crippen molar-refractivity contribution in [1.29, 1.82) is 0 Å². The lowest BCUT2D eigenvalue weighted by molar-refractivity contribution is 0.943. The SMILES string of the molecule is CN1CN(c2cccc(-n3c4ccccc4c4ccc(-c5ccccn5)cc43)c2)c2ncccc21. The predicted octanol–water partition coefficient (Wildman–Crippen LogP) is 6.79. The molecular formula is C30H23N5. The van der Waals surface area contributed by atoms with Crippen LogP contribution in [0.4, 0.5) is 17.2 Å². The summed E-state index contributed by atoms with van der Waals surface area (Å²) >= 11 is 0. The minimum Gasteiger partial charge on any atom is -0.354 e. The van der Waals surface area contributed by atoms with Crippen LogP contribution in [0.1, 0.15) is 0 Å². The molecule has 0 unspecified atom stereocenters. The summed E-state index contributed by atoms with van der Waals surface area (Å²) < 4.78 is 2.36. The molecule has 1 aliphatic heterocycles. The molecule has 0 bridgehead atoms. The minimum absolute atomic E-state index is 0.771. The quantitative estimate of drug-likeness (QED) is 0.296. The van der Waals surface area contributed by atoms with Gasteiger partial charge in [0.2, 0.25) is 0 Å². The van der Waals surface area contributed by atoms with Crippen LogP contribution >= 0.6 is 0 Å². The maximum atomic E-state index is 4.68. The lowest BCUT2D eigenvalue weighted by atomic mass is 10.1. The van der Waals surface area contributed by atoms with Crippen LogP contribution in [0.15, 0.2) is 109 Å². The molecule has 0 atom stereocenters. The number of aromatic nitrogens is 3. The van der Waals surface area contributed by atoms with E-state index in [1.807, 2.05) is 30.6 Å². The van der Waals surface area contributed by atoms with Crippen molar-refractivity contribution in [2.75, 3.05) is 23.5 Å². The molecule has 0 radical (unpaired) electrons. The third-order valence-electron chi connectivity index (χ3n) is 6.82. The van der Waals surface area contributed by atoms with Crippen molar-refractivity contribution in [3.63, 3.8) is 0 Å². The van der Waals surface area contributed by atoms with Crippen molar-refractivity contribution in [2.45, 2.75) is 0 Å². The van der Waals surface area contributed by atoms with Gasteiger partial charge in [0.1, 0.15) is 0 Å². The van der Waals surface area contributed by atoms with Crippen LogP contribution in [0.5, 0.6) is 0 Å². The van der Waals surface area contributed by atoms with Crippen LogP contribution in [0.3, 0.4) is 0 Å². The number of pyridine rings is 2. The molecule has 1 aliphatic rings. The Morgan fingerprint density at radius 2 is 1.49 bits per heavy atom. The molecule has 5 nitrogen and oxygen atoms in total. The maximum Gasteiger partial charge on any atom is 0.158 e. The van der Waals surface area contributed by atoms with Gasteiger partial charge in [-0.25, -0.2) is 4.98 Å². The fourth-order valence-corrected chi connectivity index (χ4v) is 5.20. The molecule has 3 aromatic heterocycles. The number of anilines is 3. The zero-order valence-corrected chi connectivity index (χ0v) is 19.3. The minimum atomic E-state index is 0.771. The Kier molecular flexibility index (Phi) is 4.36. The van der Waals surface area contributed by atoms with Gasteiger partial charge >= 0.3 is 0 Å². The molecule has 5 heteroatoms. The Balaban J connectivity index is 1.44. The first kappa shape index (κ1) is 19.8. The largest absolute Gasteiger partial charge is 0.354 e. The Hall–Kier alpha value is -4.64. The third kappa shape index (κ3) is 3.09. The number of para-hydroxylation sites is 1. The van der Waals surface area contributed by atoms with Gasteiger partial charge in [-0.2, -0.15) is 0 Å². The van der Waals surface area contributed by atoms with E-state index in [0.29, 0.717) is 0 Å². The van der Waals surface area contributed by atoms with E-state index < -0.39 is 0 Å². The number of nitrogens with zero attached hydrogens (tertiary/aromatic N) is 5. The van der Waals surface area contributed by atoms with E-state index >= 15 is 0 Å². The van der Waals surface area contributed by atoms with E-state index in [0.717, 1.165) is 40.8 Å². The molecule has 0 N–H and O–H groups in total.